The fraction of sp³-hybridized carbons (Fsp3) is 0.333. The number of ether oxygens (including phenoxy) is 3. The van der Waals surface area contributed by atoms with Gasteiger partial charge in [0.1, 0.15) is 0 Å². The molecule has 0 saturated carbocycles. The standard InChI is InChI=1S/C18H20Cl2O3/c1-21-17-13(9-11-19)5-3-7-15(17)23-16-8-4-6-14(10-12-20)18(16)22-2/h3-8H,9-12H2,1-2H3. The molecular formula is C18H20Cl2O3. The lowest BCUT2D eigenvalue weighted by Crippen LogP contribution is -1.99. The first-order valence-electron chi connectivity index (χ1n) is 7.36. The van der Waals surface area contributed by atoms with Crippen molar-refractivity contribution in [3.8, 4) is 23.0 Å². The van der Waals surface area contributed by atoms with Crippen molar-refractivity contribution in [3.05, 3.63) is 47.5 Å². The summed E-state index contributed by atoms with van der Waals surface area (Å²) in [5, 5.41) is 0. The van der Waals surface area contributed by atoms with Gasteiger partial charge in [0.05, 0.1) is 14.2 Å². The molecule has 5 heteroatoms. The molecule has 0 atom stereocenters. The molecule has 0 aliphatic heterocycles. The van der Waals surface area contributed by atoms with Crippen molar-refractivity contribution in [2.75, 3.05) is 26.0 Å². The first kappa shape index (κ1) is 17.8. The average molecular weight is 355 g/mol. The summed E-state index contributed by atoms with van der Waals surface area (Å²) in [5.41, 5.74) is 2.02. The van der Waals surface area contributed by atoms with Crippen molar-refractivity contribution in [1.82, 2.24) is 0 Å². The van der Waals surface area contributed by atoms with Crippen LogP contribution in [0, 0.1) is 0 Å². The highest BCUT2D eigenvalue weighted by Crippen LogP contribution is 2.40. The van der Waals surface area contributed by atoms with Crippen LogP contribution >= 0.6 is 23.2 Å². The van der Waals surface area contributed by atoms with Gasteiger partial charge in [0.2, 0.25) is 0 Å². The minimum Gasteiger partial charge on any atom is -0.493 e. The molecule has 0 spiro atoms. The second-order valence-electron chi connectivity index (χ2n) is 4.88. The Kier molecular flexibility index (Phi) is 6.87. The molecule has 2 rings (SSSR count). The number of hydrogen-bond donors (Lipinski definition) is 0. The number of halogens is 2. The molecular weight excluding hydrogens is 335 g/mol. The van der Waals surface area contributed by atoms with E-state index >= 15 is 0 Å². The lowest BCUT2D eigenvalue weighted by Gasteiger charge is -2.17. The van der Waals surface area contributed by atoms with E-state index in [2.05, 4.69) is 0 Å². The van der Waals surface area contributed by atoms with E-state index in [1.54, 1.807) is 14.2 Å². The van der Waals surface area contributed by atoms with Crippen LogP contribution < -0.4 is 14.2 Å². The third-order valence-electron chi connectivity index (χ3n) is 3.48. The van der Waals surface area contributed by atoms with Gasteiger partial charge in [0.15, 0.2) is 23.0 Å². The van der Waals surface area contributed by atoms with Gasteiger partial charge in [-0.05, 0) is 36.1 Å². The van der Waals surface area contributed by atoms with Gasteiger partial charge in [-0.1, -0.05) is 24.3 Å². The van der Waals surface area contributed by atoms with Crippen LogP contribution in [0.1, 0.15) is 11.1 Å². The minimum absolute atomic E-state index is 0.522. The Morgan fingerprint density at radius 3 is 1.52 bits per heavy atom. The highest BCUT2D eigenvalue weighted by Gasteiger charge is 2.15. The molecule has 0 aliphatic rings. The fourth-order valence-corrected chi connectivity index (χ4v) is 2.87. The normalized spacial score (nSPS) is 10.4. The largest absolute Gasteiger partial charge is 0.493 e. The smallest absolute Gasteiger partial charge is 0.169 e. The summed E-state index contributed by atoms with van der Waals surface area (Å²) >= 11 is 11.7. The molecule has 0 aromatic heterocycles. The summed E-state index contributed by atoms with van der Waals surface area (Å²) in [4.78, 5) is 0. The molecule has 0 fully saturated rings. The maximum Gasteiger partial charge on any atom is 0.169 e. The number of para-hydroxylation sites is 2. The molecule has 2 aromatic carbocycles. The maximum absolute atomic E-state index is 6.06. The predicted molar refractivity (Wildman–Crippen MR) is 94.9 cm³/mol. The molecule has 0 radical (unpaired) electrons. The maximum atomic E-state index is 6.06. The Hall–Kier alpha value is -1.58. The van der Waals surface area contributed by atoms with Gasteiger partial charge in [0.25, 0.3) is 0 Å². The van der Waals surface area contributed by atoms with E-state index in [0.29, 0.717) is 47.6 Å². The number of alkyl halides is 2. The third-order valence-corrected chi connectivity index (χ3v) is 3.85. The monoisotopic (exact) mass is 354 g/mol. The molecule has 0 amide bonds. The van der Waals surface area contributed by atoms with E-state index in [1.165, 1.54) is 0 Å². The molecule has 0 saturated heterocycles. The molecule has 124 valence electrons. The van der Waals surface area contributed by atoms with Gasteiger partial charge in [-0.3, -0.25) is 0 Å². The number of benzene rings is 2. The predicted octanol–water partition coefficient (Wildman–Crippen LogP) is 5.06. The van der Waals surface area contributed by atoms with Crippen molar-refractivity contribution in [3.63, 3.8) is 0 Å². The van der Waals surface area contributed by atoms with Gasteiger partial charge >= 0.3 is 0 Å². The molecule has 23 heavy (non-hydrogen) atoms. The Balaban J connectivity index is 2.39. The highest BCUT2D eigenvalue weighted by molar-refractivity contribution is 6.18. The van der Waals surface area contributed by atoms with Crippen LogP contribution in [0.4, 0.5) is 0 Å². The average Bonchev–Trinajstić information content (AvgIpc) is 2.56. The molecule has 3 nitrogen and oxygen atoms in total. The topological polar surface area (TPSA) is 27.7 Å². The zero-order valence-electron chi connectivity index (χ0n) is 13.3. The van der Waals surface area contributed by atoms with E-state index in [9.17, 15) is 0 Å². The van der Waals surface area contributed by atoms with Crippen molar-refractivity contribution in [2.45, 2.75) is 12.8 Å². The first-order chi connectivity index (χ1) is 11.2. The van der Waals surface area contributed by atoms with Gasteiger partial charge in [0, 0.05) is 11.8 Å². The Labute approximate surface area is 147 Å². The molecule has 0 heterocycles. The van der Waals surface area contributed by atoms with Crippen molar-refractivity contribution in [2.24, 2.45) is 0 Å². The van der Waals surface area contributed by atoms with Crippen molar-refractivity contribution in [1.29, 1.82) is 0 Å². The van der Waals surface area contributed by atoms with E-state index in [-0.39, 0.29) is 0 Å². The van der Waals surface area contributed by atoms with Crippen LogP contribution in [0.25, 0.3) is 0 Å². The second-order valence-corrected chi connectivity index (χ2v) is 5.63. The molecule has 2 aromatic rings. The quantitative estimate of drug-likeness (QED) is 0.620. The van der Waals surface area contributed by atoms with Crippen LogP contribution in [0.15, 0.2) is 36.4 Å². The van der Waals surface area contributed by atoms with Gasteiger partial charge < -0.3 is 14.2 Å². The third kappa shape index (κ3) is 4.24. The molecule has 0 bridgehead atoms. The van der Waals surface area contributed by atoms with Crippen LogP contribution in [-0.4, -0.2) is 26.0 Å². The van der Waals surface area contributed by atoms with Crippen LogP contribution in [0.3, 0.4) is 0 Å². The summed E-state index contributed by atoms with van der Waals surface area (Å²) in [5.74, 6) is 3.70. The zero-order chi connectivity index (χ0) is 16.7. The Bertz CT molecular complexity index is 589. The van der Waals surface area contributed by atoms with Gasteiger partial charge in [-0.25, -0.2) is 0 Å². The van der Waals surface area contributed by atoms with E-state index < -0.39 is 0 Å². The molecule has 0 unspecified atom stereocenters. The second kappa shape index (κ2) is 8.90. The molecule has 0 N–H and O–H groups in total. The van der Waals surface area contributed by atoms with Crippen LogP contribution in [-0.2, 0) is 12.8 Å². The van der Waals surface area contributed by atoms with Crippen LogP contribution in [0.2, 0.25) is 0 Å². The lowest BCUT2D eigenvalue weighted by molar-refractivity contribution is 0.352. The summed E-state index contributed by atoms with van der Waals surface area (Å²) in [6.45, 7) is 0. The van der Waals surface area contributed by atoms with E-state index in [1.807, 2.05) is 36.4 Å². The van der Waals surface area contributed by atoms with Gasteiger partial charge in [-0.15, -0.1) is 23.2 Å². The summed E-state index contributed by atoms with van der Waals surface area (Å²) in [6, 6.07) is 11.5. The Morgan fingerprint density at radius 1 is 0.739 bits per heavy atom. The van der Waals surface area contributed by atoms with E-state index in [0.717, 1.165) is 11.1 Å². The number of methoxy groups -OCH3 is 2. The lowest BCUT2D eigenvalue weighted by atomic mass is 10.1. The van der Waals surface area contributed by atoms with Crippen LogP contribution in [0.5, 0.6) is 23.0 Å². The minimum atomic E-state index is 0.522. The van der Waals surface area contributed by atoms with Crippen molar-refractivity contribution >= 4 is 23.2 Å². The SMILES string of the molecule is COc1c(CCCl)cccc1Oc1cccc(CCCl)c1OC. The summed E-state index contributed by atoms with van der Waals surface area (Å²) in [7, 11) is 3.25. The zero-order valence-corrected chi connectivity index (χ0v) is 14.8. The highest BCUT2D eigenvalue weighted by atomic mass is 35.5. The first-order valence-corrected chi connectivity index (χ1v) is 8.43. The summed E-state index contributed by atoms with van der Waals surface area (Å²) in [6.07, 6.45) is 1.43. The summed E-state index contributed by atoms with van der Waals surface area (Å²) < 4.78 is 17.1. The number of hydrogen-bond acceptors (Lipinski definition) is 3. The fourth-order valence-electron chi connectivity index (χ4n) is 2.46. The number of rotatable bonds is 8. The number of aryl methyl sites for hydroxylation is 2. The van der Waals surface area contributed by atoms with Gasteiger partial charge in [-0.2, -0.15) is 0 Å². The van der Waals surface area contributed by atoms with Crippen molar-refractivity contribution < 1.29 is 14.2 Å². The molecule has 0 aliphatic carbocycles. The van der Waals surface area contributed by atoms with E-state index in [4.69, 9.17) is 37.4 Å². The Morgan fingerprint density at radius 2 is 1.17 bits per heavy atom.